The van der Waals surface area contributed by atoms with Gasteiger partial charge < -0.3 is 10.2 Å². The van der Waals surface area contributed by atoms with Crippen molar-refractivity contribution in [1.82, 2.24) is 5.32 Å². The van der Waals surface area contributed by atoms with Crippen LogP contribution in [0.4, 0.5) is 0 Å². The molecule has 0 aliphatic carbocycles. The Morgan fingerprint density at radius 3 is 2.74 bits per heavy atom. The van der Waals surface area contributed by atoms with Gasteiger partial charge in [-0.2, -0.15) is 0 Å². The van der Waals surface area contributed by atoms with Crippen LogP contribution in [0.5, 0.6) is 0 Å². The third-order valence-corrected chi connectivity index (χ3v) is 4.19. The zero-order valence-electron chi connectivity index (χ0n) is 11.4. The Labute approximate surface area is 119 Å². The fourth-order valence-corrected chi connectivity index (χ4v) is 2.67. The molecule has 1 heterocycles. The van der Waals surface area contributed by atoms with E-state index < -0.39 is 0 Å². The minimum Gasteiger partial charge on any atom is -0.347 e. The molecule has 0 radical (unpaired) electrons. The van der Waals surface area contributed by atoms with Gasteiger partial charge in [-0.15, -0.1) is 0 Å². The topological polar surface area (TPSA) is 33.5 Å². The van der Waals surface area contributed by atoms with E-state index in [-0.39, 0.29) is 5.91 Å². The second-order valence-electron chi connectivity index (χ2n) is 5.48. The summed E-state index contributed by atoms with van der Waals surface area (Å²) < 4.78 is 0. The number of piperidine rings is 1. The maximum Gasteiger partial charge on any atom is 0.275 e. The minimum atomic E-state index is 0.115. The Kier molecular flexibility index (Phi) is 5.23. The molecule has 104 valence electrons. The van der Waals surface area contributed by atoms with E-state index in [0.29, 0.717) is 18.1 Å². The normalized spacial score (nSPS) is 23.1. The predicted molar refractivity (Wildman–Crippen MR) is 77.3 cm³/mol. The molecule has 3 nitrogen and oxygen atoms in total. The average molecular weight is 282 g/mol. The predicted octanol–water partition coefficient (Wildman–Crippen LogP) is 1.27. The first-order valence-electron chi connectivity index (χ1n) is 6.99. The SMILES string of the molecule is CC1CC[NH+](CC(=O)NCc2ccccc2Cl)CC1. The molecule has 0 aromatic heterocycles. The first kappa shape index (κ1) is 14.4. The number of hydrogen-bond acceptors (Lipinski definition) is 1. The van der Waals surface area contributed by atoms with E-state index in [4.69, 9.17) is 11.6 Å². The smallest absolute Gasteiger partial charge is 0.275 e. The Bertz CT molecular complexity index is 428. The molecule has 2 N–H and O–H groups in total. The lowest BCUT2D eigenvalue weighted by Crippen LogP contribution is -3.14. The molecule has 0 saturated carbocycles. The average Bonchev–Trinajstić information content (AvgIpc) is 2.40. The number of likely N-dealkylation sites (tertiary alicyclic amines) is 1. The molecule has 0 unspecified atom stereocenters. The van der Waals surface area contributed by atoms with Gasteiger partial charge in [-0.25, -0.2) is 0 Å². The molecule has 2 rings (SSSR count). The van der Waals surface area contributed by atoms with Crippen molar-refractivity contribution >= 4 is 17.5 Å². The highest BCUT2D eigenvalue weighted by Gasteiger charge is 2.21. The maximum atomic E-state index is 11.9. The van der Waals surface area contributed by atoms with Crippen LogP contribution in [-0.2, 0) is 11.3 Å². The molecule has 1 aromatic carbocycles. The van der Waals surface area contributed by atoms with Crippen LogP contribution in [0.2, 0.25) is 5.02 Å². The fraction of sp³-hybridized carbons (Fsp3) is 0.533. The standard InChI is InChI=1S/C15H21ClN2O/c1-12-6-8-18(9-7-12)11-15(19)17-10-13-4-2-3-5-14(13)16/h2-5,12H,6-11H2,1H3,(H,17,19)/p+1. The summed E-state index contributed by atoms with van der Waals surface area (Å²) in [7, 11) is 0. The molecule has 1 fully saturated rings. The van der Waals surface area contributed by atoms with E-state index in [1.54, 1.807) is 0 Å². The van der Waals surface area contributed by atoms with Gasteiger partial charge in [-0.1, -0.05) is 36.7 Å². The molecule has 1 aromatic rings. The number of nitrogens with one attached hydrogen (secondary N) is 2. The summed E-state index contributed by atoms with van der Waals surface area (Å²) in [5.74, 6) is 0.930. The molecule has 0 bridgehead atoms. The van der Waals surface area contributed by atoms with E-state index in [1.807, 2.05) is 24.3 Å². The summed E-state index contributed by atoms with van der Waals surface area (Å²) in [6.07, 6.45) is 2.46. The van der Waals surface area contributed by atoms with Gasteiger partial charge in [0.15, 0.2) is 6.54 Å². The van der Waals surface area contributed by atoms with Gasteiger partial charge in [-0.05, 0) is 30.4 Å². The lowest BCUT2D eigenvalue weighted by Gasteiger charge is -2.26. The van der Waals surface area contributed by atoms with Gasteiger partial charge in [0.05, 0.1) is 13.1 Å². The van der Waals surface area contributed by atoms with Gasteiger partial charge >= 0.3 is 0 Å². The van der Waals surface area contributed by atoms with Crippen LogP contribution in [0.1, 0.15) is 25.3 Å². The molecule has 1 amide bonds. The van der Waals surface area contributed by atoms with Crippen molar-refractivity contribution in [3.63, 3.8) is 0 Å². The summed E-state index contributed by atoms with van der Waals surface area (Å²) >= 11 is 6.06. The van der Waals surface area contributed by atoms with Gasteiger partial charge in [0.1, 0.15) is 0 Å². The number of hydrogen-bond donors (Lipinski definition) is 2. The number of carbonyl (C=O) groups excluding carboxylic acids is 1. The van der Waals surface area contributed by atoms with Gasteiger partial charge in [0.2, 0.25) is 0 Å². The molecule has 1 aliphatic heterocycles. The van der Waals surface area contributed by atoms with Crippen LogP contribution in [-0.4, -0.2) is 25.5 Å². The second kappa shape index (κ2) is 6.92. The van der Waals surface area contributed by atoms with Crippen LogP contribution < -0.4 is 10.2 Å². The maximum absolute atomic E-state index is 11.9. The summed E-state index contributed by atoms with van der Waals surface area (Å²) in [6.45, 7) is 5.61. The van der Waals surface area contributed by atoms with Crippen molar-refractivity contribution in [1.29, 1.82) is 0 Å². The third kappa shape index (κ3) is 4.51. The molecule has 19 heavy (non-hydrogen) atoms. The van der Waals surface area contributed by atoms with Crippen LogP contribution in [0.3, 0.4) is 0 Å². The lowest BCUT2D eigenvalue weighted by molar-refractivity contribution is -0.898. The van der Waals surface area contributed by atoms with E-state index in [9.17, 15) is 4.79 Å². The number of halogens is 1. The molecule has 0 atom stereocenters. The van der Waals surface area contributed by atoms with Crippen molar-refractivity contribution in [2.75, 3.05) is 19.6 Å². The van der Waals surface area contributed by atoms with Crippen molar-refractivity contribution in [3.8, 4) is 0 Å². The highest BCUT2D eigenvalue weighted by Crippen LogP contribution is 2.14. The van der Waals surface area contributed by atoms with Gasteiger partial charge in [0.25, 0.3) is 5.91 Å². The zero-order valence-corrected chi connectivity index (χ0v) is 12.2. The van der Waals surface area contributed by atoms with Gasteiger partial charge in [0, 0.05) is 11.6 Å². The molecule has 1 aliphatic rings. The largest absolute Gasteiger partial charge is 0.347 e. The summed E-state index contributed by atoms with van der Waals surface area (Å²) in [4.78, 5) is 13.3. The summed E-state index contributed by atoms with van der Waals surface area (Å²) in [6, 6.07) is 7.62. The second-order valence-corrected chi connectivity index (χ2v) is 5.88. The van der Waals surface area contributed by atoms with Crippen molar-refractivity contribution in [3.05, 3.63) is 34.9 Å². The Morgan fingerprint density at radius 2 is 2.05 bits per heavy atom. The Balaban J connectivity index is 1.74. The number of rotatable bonds is 4. The molecular weight excluding hydrogens is 260 g/mol. The monoisotopic (exact) mass is 281 g/mol. The first-order valence-corrected chi connectivity index (χ1v) is 7.36. The van der Waals surface area contributed by atoms with Crippen molar-refractivity contribution in [2.24, 2.45) is 5.92 Å². The summed E-state index contributed by atoms with van der Waals surface area (Å²) in [5.41, 5.74) is 0.972. The number of amides is 1. The molecule has 1 saturated heterocycles. The summed E-state index contributed by atoms with van der Waals surface area (Å²) in [5, 5.41) is 3.66. The number of quaternary nitrogens is 1. The molecule has 4 heteroatoms. The van der Waals surface area contributed by atoms with Crippen LogP contribution in [0.25, 0.3) is 0 Å². The lowest BCUT2D eigenvalue weighted by atomic mass is 9.99. The van der Waals surface area contributed by atoms with Crippen LogP contribution >= 0.6 is 11.6 Å². The van der Waals surface area contributed by atoms with Gasteiger partial charge in [-0.3, -0.25) is 4.79 Å². The Morgan fingerprint density at radius 1 is 1.37 bits per heavy atom. The first-order chi connectivity index (χ1) is 9.15. The number of carbonyl (C=O) groups is 1. The highest BCUT2D eigenvalue weighted by molar-refractivity contribution is 6.31. The zero-order chi connectivity index (χ0) is 13.7. The quantitative estimate of drug-likeness (QED) is 0.856. The number of benzene rings is 1. The Hall–Kier alpha value is -1.06. The van der Waals surface area contributed by atoms with E-state index in [0.717, 1.165) is 24.6 Å². The highest BCUT2D eigenvalue weighted by atomic mass is 35.5. The van der Waals surface area contributed by atoms with Crippen LogP contribution in [0, 0.1) is 5.92 Å². The van der Waals surface area contributed by atoms with E-state index in [1.165, 1.54) is 17.7 Å². The van der Waals surface area contributed by atoms with Crippen LogP contribution in [0.15, 0.2) is 24.3 Å². The third-order valence-electron chi connectivity index (χ3n) is 3.83. The van der Waals surface area contributed by atoms with E-state index >= 15 is 0 Å². The fourth-order valence-electron chi connectivity index (χ4n) is 2.47. The molecular formula is C15H22ClN2O+. The van der Waals surface area contributed by atoms with Crippen molar-refractivity contribution < 1.29 is 9.69 Å². The molecule has 0 spiro atoms. The minimum absolute atomic E-state index is 0.115. The van der Waals surface area contributed by atoms with Crippen molar-refractivity contribution in [2.45, 2.75) is 26.3 Å². The van der Waals surface area contributed by atoms with E-state index in [2.05, 4.69) is 12.2 Å².